The highest BCUT2D eigenvalue weighted by Gasteiger charge is 2.12. The third-order valence-corrected chi connectivity index (χ3v) is 2.43. The van der Waals surface area contributed by atoms with Gasteiger partial charge in [0.25, 0.3) is 0 Å². The number of nitrogens with two attached hydrogens (primary N) is 1. The molecule has 0 aliphatic heterocycles. The van der Waals surface area contributed by atoms with Crippen molar-refractivity contribution in [1.29, 1.82) is 0 Å². The van der Waals surface area contributed by atoms with Crippen LogP contribution in [0, 0.1) is 0 Å². The van der Waals surface area contributed by atoms with Crippen LogP contribution in [0.4, 0.5) is 0 Å². The topological polar surface area (TPSA) is 46.2 Å². The van der Waals surface area contributed by atoms with Crippen LogP contribution in [0.5, 0.6) is 0 Å². The first-order chi connectivity index (χ1) is 4.45. The van der Waals surface area contributed by atoms with Crippen molar-refractivity contribution in [2.24, 2.45) is 5.73 Å². The first-order valence-corrected chi connectivity index (χ1v) is 4.44. The van der Waals surface area contributed by atoms with E-state index in [1.165, 1.54) is 0 Å². The van der Waals surface area contributed by atoms with Gasteiger partial charge in [-0.05, 0) is 0 Å². The van der Waals surface area contributed by atoms with E-state index in [-0.39, 0.29) is 17.4 Å². The van der Waals surface area contributed by atoms with Gasteiger partial charge in [0.15, 0.2) is 0 Å². The molecule has 10 heavy (non-hydrogen) atoms. The second-order valence-electron chi connectivity index (χ2n) is 3.37. The van der Waals surface area contributed by atoms with E-state index >= 15 is 0 Å². The molecule has 0 radical (unpaired) electrons. The Hall–Kier alpha value is 0.270. The van der Waals surface area contributed by atoms with Gasteiger partial charge < -0.3 is 10.8 Å². The molecule has 0 bridgehead atoms. The van der Waals surface area contributed by atoms with E-state index in [1.54, 1.807) is 11.8 Å². The molecule has 0 amide bonds. The Morgan fingerprint density at radius 3 is 2.30 bits per heavy atom. The van der Waals surface area contributed by atoms with Crippen molar-refractivity contribution < 1.29 is 5.11 Å². The van der Waals surface area contributed by atoms with Gasteiger partial charge in [-0.25, -0.2) is 0 Å². The number of hydrogen-bond acceptors (Lipinski definition) is 3. The van der Waals surface area contributed by atoms with Crippen LogP contribution >= 0.6 is 11.8 Å². The second-order valence-corrected chi connectivity index (χ2v) is 5.21. The van der Waals surface area contributed by atoms with Crippen LogP contribution in [-0.2, 0) is 0 Å². The van der Waals surface area contributed by atoms with Crippen LogP contribution in [0.2, 0.25) is 0 Å². The largest absolute Gasteiger partial charge is 0.395 e. The maximum atomic E-state index is 8.59. The molecule has 0 unspecified atom stereocenters. The fourth-order valence-electron chi connectivity index (χ4n) is 0.410. The van der Waals surface area contributed by atoms with Gasteiger partial charge >= 0.3 is 0 Å². The Bertz CT molecular complexity index is 90.1. The van der Waals surface area contributed by atoms with E-state index in [9.17, 15) is 0 Å². The summed E-state index contributed by atoms with van der Waals surface area (Å²) < 4.78 is 0.257. The normalized spacial score (nSPS) is 15.3. The van der Waals surface area contributed by atoms with Crippen molar-refractivity contribution >= 4 is 11.8 Å². The lowest BCUT2D eigenvalue weighted by molar-refractivity contribution is 0.275. The summed E-state index contributed by atoms with van der Waals surface area (Å²) in [6.45, 7) is 6.51. The minimum absolute atomic E-state index is 0.0655. The highest BCUT2D eigenvalue weighted by molar-refractivity contribution is 8.00. The molecular weight excluding hydrogens is 146 g/mol. The Balaban J connectivity index is 3.36. The summed E-state index contributed by atoms with van der Waals surface area (Å²) >= 11 is 1.78. The molecule has 3 heteroatoms. The van der Waals surface area contributed by atoms with Gasteiger partial charge in [-0.3, -0.25) is 0 Å². The zero-order valence-electron chi connectivity index (χ0n) is 6.92. The van der Waals surface area contributed by atoms with Crippen molar-refractivity contribution in [3.8, 4) is 0 Å². The summed E-state index contributed by atoms with van der Waals surface area (Å²) in [6, 6.07) is -0.0655. The standard InChI is InChI=1S/C7H17NOS/c1-7(2,3)10-5-6(8)4-9/h6,9H,4-5,8H2,1-3H3/t6-/m0/s1. The molecule has 0 saturated heterocycles. The average Bonchev–Trinajstić information content (AvgIpc) is 1.81. The summed E-state index contributed by atoms with van der Waals surface area (Å²) in [5, 5.41) is 8.59. The van der Waals surface area contributed by atoms with Gasteiger partial charge in [-0.2, -0.15) is 11.8 Å². The number of thioether (sulfide) groups is 1. The maximum Gasteiger partial charge on any atom is 0.0590 e. The highest BCUT2D eigenvalue weighted by Crippen LogP contribution is 2.22. The van der Waals surface area contributed by atoms with Crippen molar-refractivity contribution in [3.05, 3.63) is 0 Å². The molecular formula is C7H17NOS. The molecule has 0 heterocycles. The number of aliphatic hydroxyl groups excluding tert-OH is 1. The van der Waals surface area contributed by atoms with E-state index in [2.05, 4.69) is 20.8 Å². The second kappa shape index (κ2) is 4.21. The fourth-order valence-corrected chi connectivity index (χ4v) is 1.23. The molecule has 0 spiro atoms. The van der Waals surface area contributed by atoms with Crippen LogP contribution in [-0.4, -0.2) is 28.3 Å². The molecule has 0 aliphatic carbocycles. The molecule has 0 rings (SSSR count). The van der Waals surface area contributed by atoms with Gasteiger partial charge in [0, 0.05) is 16.5 Å². The predicted molar refractivity (Wildman–Crippen MR) is 47.3 cm³/mol. The lowest BCUT2D eigenvalue weighted by Crippen LogP contribution is -2.29. The van der Waals surface area contributed by atoms with Crippen LogP contribution in [0.1, 0.15) is 20.8 Å². The number of hydrogen-bond donors (Lipinski definition) is 2. The molecule has 0 aromatic rings. The lowest BCUT2D eigenvalue weighted by Gasteiger charge is -2.19. The Kier molecular flexibility index (Phi) is 4.32. The van der Waals surface area contributed by atoms with Crippen LogP contribution in [0.15, 0.2) is 0 Å². The van der Waals surface area contributed by atoms with Crippen LogP contribution in [0.3, 0.4) is 0 Å². The Labute approximate surface area is 67.2 Å². The quantitative estimate of drug-likeness (QED) is 0.648. The Morgan fingerprint density at radius 1 is 1.50 bits per heavy atom. The molecule has 0 aromatic carbocycles. The molecule has 0 aliphatic rings. The SMILES string of the molecule is CC(C)(C)SC[C@@H](N)CO. The summed E-state index contributed by atoms with van der Waals surface area (Å²) in [5.41, 5.74) is 5.51. The van der Waals surface area contributed by atoms with Crippen LogP contribution < -0.4 is 5.73 Å². The van der Waals surface area contributed by atoms with Crippen molar-refractivity contribution in [2.45, 2.75) is 31.6 Å². The lowest BCUT2D eigenvalue weighted by atomic mass is 10.3. The van der Waals surface area contributed by atoms with Crippen molar-refractivity contribution in [1.82, 2.24) is 0 Å². The number of rotatable bonds is 3. The molecule has 0 saturated carbocycles. The summed E-state index contributed by atoms with van der Waals surface area (Å²) in [7, 11) is 0. The van der Waals surface area contributed by atoms with Gasteiger partial charge in [0.05, 0.1) is 6.61 Å². The molecule has 2 nitrogen and oxygen atoms in total. The van der Waals surface area contributed by atoms with Gasteiger partial charge in [0.2, 0.25) is 0 Å². The van der Waals surface area contributed by atoms with E-state index in [0.29, 0.717) is 0 Å². The van der Waals surface area contributed by atoms with E-state index in [0.717, 1.165) is 5.75 Å². The van der Waals surface area contributed by atoms with Crippen molar-refractivity contribution in [2.75, 3.05) is 12.4 Å². The summed E-state index contributed by atoms with van der Waals surface area (Å²) in [5.74, 6) is 0.833. The molecule has 0 aromatic heterocycles. The Morgan fingerprint density at radius 2 is 2.00 bits per heavy atom. The third kappa shape index (κ3) is 6.39. The van der Waals surface area contributed by atoms with Crippen LogP contribution in [0.25, 0.3) is 0 Å². The summed E-state index contributed by atoms with van der Waals surface area (Å²) in [6.07, 6.45) is 0. The zero-order valence-corrected chi connectivity index (χ0v) is 7.74. The van der Waals surface area contributed by atoms with Gasteiger partial charge in [-0.1, -0.05) is 20.8 Å². The van der Waals surface area contributed by atoms with Gasteiger partial charge in [-0.15, -0.1) is 0 Å². The fraction of sp³-hybridized carbons (Fsp3) is 1.00. The van der Waals surface area contributed by atoms with E-state index < -0.39 is 0 Å². The minimum Gasteiger partial charge on any atom is -0.395 e. The van der Waals surface area contributed by atoms with Crippen molar-refractivity contribution in [3.63, 3.8) is 0 Å². The number of aliphatic hydroxyl groups is 1. The minimum atomic E-state index is -0.0655. The smallest absolute Gasteiger partial charge is 0.0590 e. The predicted octanol–water partition coefficient (Wildman–Crippen LogP) is 0.838. The molecule has 62 valence electrons. The highest BCUT2D eigenvalue weighted by atomic mass is 32.2. The average molecular weight is 163 g/mol. The third-order valence-electron chi connectivity index (χ3n) is 0.965. The van der Waals surface area contributed by atoms with E-state index in [1.807, 2.05) is 0 Å². The summed E-state index contributed by atoms with van der Waals surface area (Å²) in [4.78, 5) is 0. The first kappa shape index (κ1) is 10.3. The monoisotopic (exact) mass is 163 g/mol. The first-order valence-electron chi connectivity index (χ1n) is 3.46. The zero-order chi connectivity index (χ0) is 8.20. The molecule has 1 atom stereocenters. The maximum absolute atomic E-state index is 8.59. The molecule has 3 N–H and O–H groups in total. The van der Waals surface area contributed by atoms with Gasteiger partial charge in [0.1, 0.15) is 0 Å². The van der Waals surface area contributed by atoms with E-state index in [4.69, 9.17) is 10.8 Å². The molecule has 0 fully saturated rings.